The van der Waals surface area contributed by atoms with Gasteiger partial charge in [0.2, 0.25) is 0 Å². The molecule has 1 aliphatic rings. The van der Waals surface area contributed by atoms with Crippen LogP contribution < -0.4 is 5.32 Å². The van der Waals surface area contributed by atoms with Gasteiger partial charge in [-0.1, -0.05) is 17.7 Å². The predicted molar refractivity (Wildman–Crippen MR) is 64.8 cm³/mol. The number of piperazine rings is 1. The van der Waals surface area contributed by atoms with Gasteiger partial charge in [0.1, 0.15) is 0 Å². The van der Waals surface area contributed by atoms with Crippen molar-refractivity contribution in [1.29, 1.82) is 0 Å². The Labute approximate surface area is 100 Å². The summed E-state index contributed by atoms with van der Waals surface area (Å²) in [6.45, 7) is 4.52. The number of amides is 1. The smallest absolute Gasteiger partial charge is 0.254 e. The predicted octanol–water partition coefficient (Wildman–Crippen LogP) is 1.77. The van der Waals surface area contributed by atoms with Gasteiger partial charge >= 0.3 is 0 Å². The van der Waals surface area contributed by atoms with Gasteiger partial charge in [0.25, 0.3) is 5.91 Å². The van der Waals surface area contributed by atoms with Crippen molar-refractivity contribution in [2.24, 2.45) is 0 Å². The van der Waals surface area contributed by atoms with E-state index in [4.69, 9.17) is 11.6 Å². The summed E-state index contributed by atoms with van der Waals surface area (Å²) >= 11 is 5.88. The summed E-state index contributed by atoms with van der Waals surface area (Å²) in [4.78, 5) is 14.1. The van der Waals surface area contributed by atoms with Crippen LogP contribution >= 0.6 is 11.6 Å². The van der Waals surface area contributed by atoms with E-state index in [2.05, 4.69) is 12.2 Å². The second-order valence-electron chi connectivity index (χ2n) is 4.06. The van der Waals surface area contributed by atoms with Crippen LogP contribution in [-0.4, -0.2) is 36.5 Å². The van der Waals surface area contributed by atoms with E-state index in [0.29, 0.717) is 10.6 Å². The molecule has 1 aliphatic heterocycles. The fourth-order valence-corrected chi connectivity index (χ4v) is 2.12. The van der Waals surface area contributed by atoms with E-state index in [-0.39, 0.29) is 11.9 Å². The lowest BCUT2D eigenvalue weighted by molar-refractivity contribution is 0.0656. The highest BCUT2D eigenvalue weighted by Gasteiger charge is 2.23. The third-order valence-corrected chi connectivity index (χ3v) is 3.07. The maximum Gasteiger partial charge on any atom is 0.254 e. The molecule has 1 atom stereocenters. The van der Waals surface area contributed by atoms with Crippen LogP contribution in [0.4, 0.5) is 0 Å². The van der Waals surface area contributed by atoms with Crippen LogP contribution in [0.3, 0.4) is 0 Å². The van der Waals surface area contributed by atoms with Crippen molar-refractivity contribution in [3.63, 3.8) is 0 Å². The molecule has 4 heteroatoms. The van der Waals surface area contributed by atoms with Crippen LogP contribution in [-0.2, 0) is 0 Å². The van der Waals surface area contributed by atoms with E-state index in [1.807, 2.05) is 17.0 Å². The second kappa shape index (κ2) is 4.85. The van der Waals surface area contributed by atoms with E-state index in [9.17, 15) is 4.79 Å². The third kappa shape index (κ3) is 2.36. The Hall–Kier alpha value is -1.06. The second-order valence-corrected chi connectivity index (χ2v) is 4.50. The monoisotopic (exact) mass is 238 g/mol. The highest BCUT2D eigenvalue weighted by Crippen LogP contribution is 2.14. The first-order valence-corrected chi connectivity index (χ1v) is 5.83. The van der Waals surface area contributed by atoms with E-state index in [1.165, 1.54) is 0 Å². The molecule has 1 fully saturated rings. The summed E-state index contributed by atoms with van der Waals surface area (Å²) in [7, 11) is 0. The first-order valence-electron chi connectivity index (χ1n) is 5.46. The lowest BCUT2D eigenvalue weighted by atomic mass is 10.1. The molecular weight excluding hydrogens is 224 g/mol. The molecule has 1 N–H and O–H groups in total. The summed E-state index contributed by atoms with van der Waals surface area (Å²) in [6.07, 6.45) is 0. The molecule has 1 aromatic rings. The summed E-state index contributed by atoms with van der Waals surface area (Å²) in [5, 5.41) is 3.87. The van der Waals surface area contributed by atoms with Crippen LogP contribution in [0.5, 0.6) is 0 Å². The van der Waals surface area contributed by atoms with E-state index in [1.54, 1.807) is 12.1 Å². The zero-order valence-corrected chi connectivity index (χ0v) is 10.00. The number of hydrogen-bond acceptors (Lipinski definition) is 2. The summed E-state index contributed by atoms with van der Waals surface area (Å²) in [5.74, 6) is 0.0662. The molecule has 0 saturated carbocycles. The van der Waals surface area contributed by atoms with Gasteiger partial charge in [-0.25, -0.2) is 0 Å². The molecule has 1 amide bonds. The lowest BCUT2D eigenvalue weighted by Gasteiger charge is -2.34. The molecule has 0 radical (unpaired) electrons. The van der Waals surface area contributed by atoms with E-state index >= 15 is 0 Å². The molecule has 3 nitrogen and oxygen atoms in total. The minimum Gasteiger partial charge on any atom is -0.333 e. The van der Waals surface area contributed by atoms with Gasteiger partial charge < -0.3 is 10.2 Å². The van der Waals surface area contributed by atoms with Gasteiger partial charge in [-0.3, -0.25) is 4.79 Å². The normalized spacial score (nSPS) is 20.9. The fourth-order valence-electron chi connectivity index (χ4n) is 1.93. The number of benzene rings is 1. The first kappa shape index (κ1) is 11.4. The average Bonchev–Trinajstić information content (AvgIpc) is 2.29. The molecule has 86 valence electrons. The molecule has 2 rings (SSSR count). The van der Waals surface area contributed by atoms with E-state index < -0.39 is 0 Å². The van der Waals surface area contributed by atoms with Gasteiger partial charge in [-0.2, -0.15) is 0 Å². The molecule has 1 heterocycles. The van der Waals surface area contributed by atoms with Crippen LogP contribution in [0, 0.1) is 0 Å². The molecule has 1 unspecified atom stereocenters. The van der Waals surface area contributed by atoms with E-state index in [0.717, 1.165) is 19.6 Å². The molecule has 0 aromatic heterocycles. The van der Waals surface area contributed by atoms with Gasteiger partial charge in [0.05, 0.1) is 0 Å². The minimum atomic E-state index is 0.0662. The van der Waals surface area contributed by atoms with Crippen molar-refractivity contribution in [3.8, 4) is 0 Å². The molecule has 0 aliphatic carbocycles. The van der Waals surface area contributed by atoms with Crippen LogP contribution in [0.2, 0.25) is 5.02 Å². The van der Waals surface area contributed by atoms with Crippen molar-refractivity contribution in [3.05, 3.63) is 34.9 Å². The largest absolute Gasteiger partial charge is 0.333 e. The maximum absolute atomic E-state index is 12.2. The topological polar surface area (TPSA) is 32.3 Å². The Morgan fingerprint density at radius 3 is 3.06 bits per heavy atom. The number of hydrogen-bond donors (Lipinski definition) is 1. The molecule has 1 saturated heterocycles. The van der Waals surface area contributed by atoms with Crippen molar-refractivity contribution >= 4 is 17.5 Å². The van der Waals surface area contributed by atoms with Gasteiger partial charge in [-0.15, -0.1) is 0 Å². The van der Waals surface area contributed by atoms with Gasteiger partial charge in [0, 0.05) is 36.3 Å². The number of nitrogens with zero attached hydrogens (tertiary/aromatic N) is 1. The zero-order chi connectivity index (χ0) is 11.5. The number of nitrogens with one attached hydrogen (secondary N) is 1. The Kier molecular flexibility index (Phi) is 3.46. The Bertz CT molecular complexity index is 394. The number of carbonyl (C=O) groups is 1. The zero-order valence-electron chi connectivity index (χ0n) is 9.24. The SMILES string of the molecule is CC1CNCCN1C(=O)c1cccc(Cl)c1. The van der Waals surface area contributed by atoms with Crippen LogP contribution in [0.25, 0.3) is 0 Å². The molecule has 16 heavy (non-hydrogen) atoms. The summed E-state index contributed by atoms with van der Waals surface area (Å²) in [6, 6.07) is 7.35. The molecular formula is C12H15ClN2O. The summed E-state index contributed by atoms with van der Waals surface area (Å²) < 4.78 is 0. The standard InChI is InChI=1S/C12H15ClN2O/c1-9-8-14-5-6-15(9)12(16)10-3-2-4-11(13)7-10/h2-4,7,9,14H,5-6,8H2,1H3. The number of rotatable bonds is 1. The number of halogens is 1. The van der Waals surface area contributed by atoms with Gasteiger partial charge in [0.15, 0.2) is 0 Å². The molecule has 0 spiro atoms. The van der Waals surface area contributed by atoms with Crippen molar-refractivity contribution in [1.82, 2.24) is 10.2 Å². The van der Waals surface area contributed by atoms with Crippen molar-refractivity contribution in [2.45, 2.75) is 13.0 Å². The minimum absolute atomic E-state index is 0.0662. The van der Waals surface area contributed by atoms with Crippen molar-refractivity contribution < 1.29 is 4.79 Å². The highest BCUT2D eigenvalue weighted by molar-refractivity contribution is 6.30. The van der Waals surface area contributed by atoms with Crippen LogP contribution in [0.1, 0.15) is 17.3 Å². The third-order valence-electron chi connectivity index (χ3n) is 2.83. The van der Waals surface area contributed by atoms with Crippen molar-refractivity contribution in [2.75, 3.05) is 19.6 Å². The summed E-state index contributed by atoms with van der Waals surface area (Å²) in [5.41, 5.74) is 0.668. The maximum atomic E-state index is 12.2. The quantitative estimate of drug-likeness (QED) is 0.809. The number of carbonyl (C=O) groups excluding carboxylic acids is 1. The average molecular weight is 239 g/mol. The Morgan fingerprint density at radius 1 is 1.56 bits per heavy atom. The fraction of sp³-hybridized carbons (Fsp3) is 0.417. The highest BCUT2D eigenvalue weighted by atomic mass is 35.5. The lowest BCUT2D eigenvalue weighted by Crippen LogP contribution is -2.52. The molecule has 1 aromatic carbocycles. The first-order chi connectivity index (χ1) is 7.68. The molecule has 0 bridgehead atoms. The van der Waals surface area contributed by atoms with Crippen LogP contribution in [0.15, 0.2) is 24.3 Å². The van der Waals surface area contributed by atoms with Gasteiger partial charge in [-0.05, 0) is 25.1 Å². The Morgan fingerprint density at radius 2 is 2.38 bits per heavy atom. The Balaban J connectivity index is 2.17.